The quantitative estimate of drug-likeness (QED) is 0.866. The van der Waals surface area contributed by atoms with Gasteiger partial charge in [-0.1, -0.05) is 19.4 Å². The van der Waals surface area contributed by atoms with Crippen molar-refractivity contribution in [2.24, 2.45) is 5.92 Å². The van der Waals surface area contributed by atoms with E-state index in [1.165, 1.54) is 26.4 Å². The number of hydrogen-bond acceptors (Lipinski definition) is 3. The van der Waals surface area contributed by atoms with Crippen LogP contribution in [0, 0.1) is 5.92 Å². The van der Waals surface area contributed by atoms with Crippen molar-refractivity contribution in [3.8, 4) is 11.5 Å². The van der Waals surface area contributed by atoms with Crippen molar-refractivity contribution in [1.82, 2.24) is 5.32 Å². The first-order valence-electron chi connectivity index (χ1n) is 6.95. The first kappa shape index (κ1) is 15.0. The highest BCUT2D eigenvalue weighted by molar-refractivity contribution is 5.43. The highest BCUT2D eigenvalue weighted by Gasteiger charge is 2.22. The maximum absolute atomic E-state index is 12.4. The Morgan fingerprint density at radius 2 is 2.10 bits per heavy atom. The number of ether oxygens (including phenoxy) is 2. The summed E-state index contributed by atoms with van der Waals surface area (Å²) in [6.45, 7) is 0.0461. The smallest absolute Gasteiger partial charge is 0.387 e. The molecule has 0 heterocycles. The minimum absolute atomic E-state index is 0.0845. The Hall–Kier alpha value is -1.36. The molecule has 1 aromatic carbocycles. The zero-order chi connectivity index (χ0) is 14.5. The van der Waals surface area contributed by atoms with Gasteiger partial charge in [0, 0.05) is 12.6 Å². The second-order valence-electron chi connectivity index (χ2n) is 5.26. The van der Waals surface area contributed by atoms with E-state index in [0.29, 0.717) is 24.3 Å². The van der Waals surface area contributed by atoms with Gasteiger partial charge in [0.05, 0.1) is 7.11 Å². The van der Waals surface area contributed by atoms with E-state index < -0.39 is 6.61 Å². The van der Waals surface area contributed by atoms with Crippen molar-refractivity contribution in [2.75, 3.05) is 7.11 Å². The molecule has 0 amide bonds. The maximum Gasteiger partial charge on any atom is 0.387 e. The van der Waals surface area contributed by atoms with Gasteiger partial charge in [0.1, 0.15) is 0 Å². The fourth-order valence-corrected chi connectivity index (χ4v) is 2.72. The average Bonchev–Trinajstić information content (AvgIpc) is 2.81. The molecule has 1 aliphatic carbocycles. The molecule has 2 unspecified atom stereocenters. The molecule has 1 fully saturated rings. The van der Waals surface area contributed by atoms with Crippen LogP contribution >= 0.6 is 0 Å². The fraction of sp³-hybridized carbons (Fsp3) is 0.600. The first-order chi connectivity index (χ1) is 9.60. The summed E-state index contributed by atoms with van der Waals surface area (Å²) < 4.78 is 34.2. The summed E-state index contributed by atoms with van der Waals surface area (Å²) >= 11 is 0. The number of nitrogens with one attached hydrogen (secondary N) is 1. The van der Waals surface area contributed by atoms with Crippen LogP contribution in [0.25, 0.3) is 0 Å². The standard InChI is InChI=1S/C15H21F2NO2/c1-10-4-3-5-12(10)18-9-11-6-7-13(19-2)14(8-11)20-15(16)17/h6-8,10,12,15,18H,3-5,9H2,1-2H3. The molecule has 0 saturated heterocycles. The maximum atomic E-state index is 12.4. The average molecular weight is 285 g/mol. The molecule has 1 saturated carbocycles. The predicted molar refractivity (Wildman–Crippen MR) is 73.3 cm³/mol. The molecule has 112 valence electrons. The van der Waals surface area contributed by atoms with Crippen LogP contribution in [0.1, 0.15) is 31.7 Å². The van der Waals surface area contributed by atoms with Gasteiger partial charge in [-0.25, -0.2) is 0 Å². The Morgan fingerprint density at radius 3 is 2.70 bits per heavy atom. The van der Waals surface area contributed by atoms with Gasteiger partial charge in [-0.3, -0.25) is 0 Å². The van der Waals surface area contributed by atoms with Crippen LogP contribution in [-0.2, 0) is 6.54 Å². The molecule has 3 nitrogen and oxygen atoms in total. The van der Waals surface area contributed by atoms with E-state index in [1.54, 1.807) is 12.1 Å². The van der Waals surface area contributed by atoms with Gasteiger partial charge in [0.2, 0.25) is 0 Å². The van der Waals surface area contributed by atoms with Gasteiger partial charge in [0.25, 0.3) is 0 Å². The minimum Gasteiger partial charge on any atom is -0.493 e. The largest absolute Gasteiger partial charge is 0.493 e. The highest BCUT2D eigenvalue weighted by atomic mass is 19.3. The zero-order valence-electron chi connectivity index (χ0n) is 11.9. The van der Waals surface area contributed by atoms with Gasteiger partial charge in [0.15, 0.2) is 11.5 Å². The molecular weight excluding hydrogens is 264 g/mol. The normalized spacial score (nSPS) is 22.2. The lowest BCUT2D eigenvalue weighted by atomic mass is 10.1. The molecule has 1 N–H and O–H groups in total. The van der Waals surface area contributed by atoms with Crippen molar-refractivity contribution < 1.29 is 18.3 Å². The summed E-state index contributed by atoms with van der Waals surface area (Å²) in [7, 11) is 1.44. The van der Waals surface area contributed by atoms with Crippen LogP contribution in [0.5, 0.6) is 11.5 Å². The summed E-state index contributed by atoms with van der Waals surface area (Å²) in [6.07, 6.45) is 3.68. The monoisotopic (exact) mass is 285 g/mol. The second-order valence-corrected chi connectivity index (χ2v) is 5.26. The summed E-state index contributed by atoms with van der Waals surface area (Å²) in [5.41, 5.74) is 0.917. The second kappa shape index (κ2) is 6.88. The number of rotatable bonds is 6. The van der Waals surface area contributed by atoms with E-state index in [4.69, 9.17) is 4.74 Å². The van der Waals surface area contributed by atoms with E-state index >= 15 is 0 Å². The van der Waals surface area contributed by atoms with Gasteiger partial charge in [-0.05, 0) is 36.5 Å². The molecule has 2 atom stereocenters. The molecule has 2 rings (SSSR count). The molecule has 0 aromatic heterocycles. The Balaban J connectivity index is 2.00. The van der Waals surface area contributed by atoms with E-state index in [9.17, 15) is 8.78 Å². The first-order valence-corrected chi connectivity index (χ1v) is 6.95. The highest BCUT2D eigenvalue weighted by Crippen LogP contribution is 2.30. The lowest BCUT2D eigenvalue weighted by molar-refractivity contribution is -0.0512. The Labute approximate surface area is 118 Å². The van der Waals surface area contributed by atoms with Crippen LogP contribution in [0.2, 0.25) is 0 Å². The van der Waals surface area contributed by atoms with Gasteiger partial charge >= 0.3 is 6.61 Å². The van der Waals surface area contributed by atoms with Crippen molar-refractivity contribution in [1.29, 1.82) is 0 Å². The van der Waals surface area contributed by atoms with E-state index in [1.807, 2.05) is 6.07 Å². The fourth-order valence-electron chi connectivity index (χ4n) is 2.72. The zero-order valence-corrected chi connectivity index (χ0v) is 11.9. The number of hydrogen-bond donors (Lipinski definition) is 1. The van der Waals surface area contributed by atoms with Crippen LogP contribution < -0.4 is 14.8 Å². The lowest BCUT2D eigenvalue weighted by Gasteiger charge is -2.18. The van der Waals surface area contributed by atoms with Crippen LogP contribution in [0.4, 0.5) is 8.78 Å². The number of halogens is 2. The number of alkyl halides is 2. The lowest BCUT2D eigenvalue weighted by Crippen LogP contribution is -2.30. The Kier molecular flexibility index (Phi) is 5.17. The molecule has 5 heteroatoms. The van der Waals surface area contributed by atoms with Crippen LogP contribution in [0.3, 0.4) is 0 Å². The van der Waals surface area contributed by atoms with Crippen molar-refractivity contribution >= 4 is 0 Å². The van der Waals surface area contributed by atoms with E-state index in [-0.39, 0.29) is 5.75 Å². The topological polar surface area (TPSA) is 30.5 Å². The molecule has 0 aliphatic heterocycles. The van der Waals surface area contributed by atoms with Crippen LogP contribution in [-0.4, -0.2) is 19.8 Å². The van der Waals surface area contributed by atoms with Crippen molar-refractivity contribution in [2.45, 2.75) is 45.4 Å². The minimum atomic E-state index is -2.85. The summed E-state index contributed by atoms with van der Waals surface area (Å²) in [6, 6.07) is 5.64. The number of methoxy groups -OCH3 is 1. The number of benzene rings is 1. The third-order valence-electron chi connectivity index (χ3n) is 3.87. The molecule has 0 radical (unpaired) electrons. The summed E-state index contributed by atoms with van der Waals surface area (Å²) in [4.78, 5) is 0. The third kappa shape index (κ3) is 3.82. The summed E-state index contributed by atoms with van der Waals surface area (Å²) in [5.74, 6) is 1.08. The van der Waals surface area contributed by atoms with Crippen LogP contribution in [0.15, 0.2) is 18.2 Å². The molecule has 0 bridgehead atoms. The van der Waals surface area contributed by atoms with E-state index in [2.05, 4.69) is 17.0 Å². The molecule has 0 spiro atoms. The third-order valence-corrected chi connectivity index (χ3v) is 3.87. The molecular formula is C15H21F2NO2. The van der Waals surface area contributed by atoms with Gasteiger partial charge in [-0.15, -0.1) is 0 Å². The van der Waals surface area contributed by atoms with Crippen molar-refractivity contribution in [3.63, 3.8) is 0 Å². The molecule has 20 heavy (non-hydrogen) atoms. The summed E-state index contributed by atoms with van der Waals surface area (Å²) in [5, 5.41) is 3.48. The van der Waals surface area contributed by atoms with E-state index in [0.717, 1.165) is 5.56 Å². The van der Waals surface area contributed by atoms with Gasteiger partial charge < -0.3 is 14.8 Å². The Bertz CT molecular complexity index is 440. The molecule has 1 aliphatic rings. The van der Waals surface area contributed by atoms with Gasteiger partial charge in [-0.2, -0.15) is 8.78 Å². The Morgan fingerprint density at radius 1 is 1.30 bits per heavy atom. The van der Waals surface area contributed by atoms with Crippen molar-refractivity contribution in [3.05, 3.63) is 23.8 Å². The predicted octanol–water partition coefficient (Wildman–Crippen LogP) is 3.57. The molecule has 1 aromatic rings. The SMILES string of the molecule is COc1ccc(CNC2CCCC2C)cc1OC(F)F.